The summed E-state index contributed by atoms with van der Waals surface area (Å²) in [5.41, 5.74) is 5.63. The molecule has 2 rings (SSSR count). The number of nitrogens with zero attached hydrogens (tertiary/aromatic N) is 1. The second-order valence-electron chi connectivity index (χ2n) is 4.35. The monoisotopic (exact) mass is 250 g/mol. The lowest BCUT2D eigenvalue weighted by Crippen LogP contribution is -2.39. The maximum atomic E-state index is 11.9. The van der Waals surface area contributed by atoms with Crippen LogP contribution in [0.15, 0.2) is 23.6 Å². The second-order valence-corrected chi connectivity index (χ2v) is 5.33. The van der Waals surface area contributed by atoms with Crippen LogP contribution in [0.5, 0.6) is 0 Å². The molecule has 1 aliphatic heterocycles. The number of hydrogen-bond acceptors (Lipinski definition) is 3. The SMILES string of the molecule is NCC1CCN(C(=O)C=Cc2cccs2)CC1. The van der Waals surface area contributed by atoms with Crippen LogP contribution in [0.1, 0.15) is 17.7 Å². The number of carbonyl (C=O) groups excluding carboxylic acids is 1. The summed E-state index contributed by atoms with van der Waals surface area (Å²) >= 11 is 1.64. The molecule has 2 heterocycles. The maximum Gasteiger partial charge on any atom is 0.246 e. The summed E-state index contributed by atoms with van der Waals surface area (Å²) in [6, 6.07) is 4.00. The van der Waals surface area contributed by atoms with Crippen molar-refractivity contribution < 1.29 is 4.79 Å². The zero-order valence-corrected chi connectivity index (χ0v) is 10.7. The average molecular weight is 250 g/mol. The quantitative estimate of drug-likeness (QED) is 0.834. The molecule has 92 valence electrons. The third-order valence-corrected chi connectivity index (χ3v) is 4.03. The summed E-state index contributed by atoms with van der Waals surface area (Å²) in [4.78, 5) is 14.9. The summed E-state index contributed by atoms with van der Waals surface area (Å²) < 4.78 is 0. The van der Waals surface area contributed by atoms with Gasteiger partial charge in [-0.15, -0.1) is 11.3 Å². The number of rotatable bonds is 3. The van der Waals surface area contributed by atoms with Crippen molar-refractivity contribution in [1.29, 1.82) is 0 Å². The molecule has 0 aliphatic carbocycles. The molecule has 1 saturated heterocycles. The number of likely N-dealkylation sites (tertiary alicyclic amines) is 1. The van der Waals surface area contributed by atoms with E-state index in [0.29, 0.717) is 5.92 Å². The summed E-state index contributed by atoms with van der Waals surface area (Å²) in [6.45, 7) is 2.43. The van der Waals surface area contributed by atoms with Gasteiger partial charge in [-0.05, 0) is 42.8 Å². The fourth-order valence-corrected chi connectivity index (χ4v) is 2.65. The third kappa shape index (κ3) is 3.41. The van der Waals surface area contributed by atoms with Crippen molar-refractivity contribution in [2.24, 2.45) is 11.7 Å². The minimum absolute atomic E-state index is 0.119. The molecule has 4 heteroatoms. The lowest BCUT2D eigenvalue weighted by Gasteiger charge is -2.30. The van der Waals surface area contributed by atoms with Crippen LogP contribution < -0.4 is 5.73 Å². The van der Waals surface area contributed by atoms with Gasteiger partial charge in [0.2, 0.25) is 5.91 Å². The second kappa shape index (κ2) is 5.98. The normalized spacial score (nSPS) is 17.8. The van der Waals surface area contributed by atoms with Gasteiger partial charge < -0.3 is 10.6 Å². The highest BCUT2D eigenvalue weighted by Gasteiger charge is 2.20. The number of thiophene rings is 1. The highest BCUT2D eigenvalue weighted by Crippen LogP contribution is 2.16. The van der Waals surface area contributed by atoms with Crippen molar-refractivity contribution in [3.8, 4) is 0 Å². The van der Waals surface area contributed by atoms with Crippen molar-refractivity contribution in [2.75, 3.05) is 19.6 Å². The highest BCUT2D eigenvalue weighted by molar-refractivity contribution is 7.10. The molecule has 0 unspecified atom stereocenters. The van der Waals surface area contributed by atoms with Crippen molar-refractivity contribution in [2.45, 2.75) is 12.8 Å². The first-order valence-electron chi connectivity index (χ1n) is 6.00. The van der Waals surface area contributed by atoms with Crippen LogP contribution in [0, 0.1) is 5.92 Å². The topological polar surface area (TPSA) is 46.3 Å². The molecule has 3 nitrogen and oxygen atoms in total. The minimum atomic E-state index is 0.119. The summed E-state index contributed by atoms with van der Waals surface area (Å²) in [5, 5.41) is 2.01. The van der Waals surface area contributed by atoms with Crippen LogP contribution in [0.3, 0.4) is 0 Å². The Morgan fingerprint density at radius 2 is 2.29 bits per heavy atom. The summed E-state index contributed by atoms with van der Waals surface area (Å²) in [6.07, 6.45) is 5.64. The first-order chi connectivity index (χ1) is 8.29. The standard InChI is InChI=1S/C13H18N2OS/c14-10-11-5-7-15(8-6-11)13(16)4-3-12-2-1-9-17-12/h1-4,9,11H,5-8,10,14H2. The lowest BCUT2D eigenvalue weighted by atomic mass is 9.97. The van der Waals surface area contributed by atoms with E-state index in [1.165, 1.54) is 0 Å². The van der Waals surface area contributed by atoms with Gasteiger partial charge in [0.05, 0.1) is 0 Å². The van der Waals surface area contributed by atoms with Crippen molar-refractivity contribution >= 4 is 23.3 Å². The molecule has 0 bridgehead atoms. The molecule has 0 radical (unpaired) electrons. The Labute approximate surface area is 106 Å². The molecule has 1 aromatic rings. The smallest absolute Gasteiger partial charge is 0.246 e. The molecule has 0 aromatic carbocycles. The molecule has 0 saturated carbocycles. The Kier molecular flexibility index (Phi) is 4.34. The van der Waals surface area contributed by atoms with Crippen LogP contribution in [-0.2, 0) is 4.79 Å². The number of nitrogens with two attached hydrogens (primary N) is 1. The molecule has 0 atom stereocenters. The van der Waals surface area contributed by atoms with Crippen LogP contribution in [-0.4, -0.2) is 30.4 Å². The zero-order valence-electron chi connectivity index (χ0n) is 9.84. The van der Waals surface area contributed by atoms with E-state index in [9.17, 15) is 4.79 Å². The first kappa shape index (κ1) is 12.3. The number of hydrogen-bond donors (Lipinski definition) is 1. The van der Waals surface area contributed by atoms with Gasteiger partial charge in [-0.3, -0.25) is 4.79 Å². The van der Waals surface area contributed by atoms with Crippen molar-refractivity contribution in [1.82, 2.24) is 4.90 Å². The Balaban J connectivity index is 1.85. The van der Waals surface area contributed by atoms with Gasteiger partial charge in [0.25, 0.3) is 0 Å². The van der Waals surface area contributed by atoms with Crippen molar-refractivity contribution in [3.63, 3.8) is 0 Å². The number of piperidine rings is 1. The molecule has 1 fully saturated rings. The number of amides is 1. The predicted molar refractivity (Wildman–Crippen MR) is 71.7 cm³/mol. The first-order valence-corrected chi connectivity index (χ1v) is 6.88. The molecule has 1 aliphatic rings. The molecular weight excluding hydrogens is 232 g/mol. The van der Waals surface area contributed by atoms with Gasteiger partial charge in [-0.2, -0.15) is 0 Å². The van der Waals surface area contributed by atoms with Crippen LogP contribution in [0.25, 0.3) is 6.08 Å². The van der Waals surface area contributed by atoms with Crippen LogP contribution >= 0.6 is 11.3 Å². The van der Waals surface area contributed by atoms with Gasteiger partial charge in [0.15, 0.2) is 0 Å². The van der Waals surface area contributed by atoms with E-state index in [4.69, 9.17) is 5.73 Å². The van der Waals surface area contributed by atoms with E-state index in [1.807, 2.05) is 28.5 Å². The van der Waals surface area contributed by atoms with Gasteiger partial charge >= 0.3 is 0 Å². The van der Waals surface area contributed by atoms with E-state index >= 15 is 0 Å². The molecule has 1 aromatic heterocycles. The predicted octanol–water partition coefficient (Wildman–Crippen LogP) is 1.96. The molecule has 0 spiro atoms. The third-order valence-electron chi connectivity index (χ3n) is 3.19. The summed E-state index contributed by atoms with van der Waals surface area (Å²) in [7, 11) is 0. The Hall–Kier alpha value is -1.13. The van der Waals surface area contributed by atoms with Gasteiger partial charge in [-0.1, -0.05) is 6.07 Å². The van der Waals surface area contributed by atoms with E-state index in [1.54, 1.807) is 17.4 Å². The van der Waals surface area contributed by atoms with Gasteiger partial charge in [0.1, 0.15) is 0 Å². The van der Waals surface area contributed by atoms with Crippen LogP contribution in [0.2, 0.25) is 0 Å². The Bertz CT molecular complexity index is 378. The Morgan fingerprint density at radius 1 is 1.53 bits per heavy atom. The molecular formula is C13H18N2OS. The average Bonchev–Trinajstić information content (AvgIpc) is 2.89. The molecule has 2 N–H and O–H groups in total. The highest BCUT2D eigenvalue weighted by atomic mass is 32.1. The van der Waals surface area contributed by atoms with Gasteiger partial charge in [-0.25, -0.2) is 0 Å². The van der Waals surface area contributed by atoms with E-state index in [0.717, 1.165) is 37.4 Å². The fourth-order valence-electron chi connectivity index (χ4n) is 2.03. The lowest BCUT2D eigenvalue weighted by molar-refractivity contribution is -0.127. The van der Waals surface area contributed by atoms with E-state index < -0.39 is 0 Å². The Morgan fingerprint density at radius 3 is 2.88 bits per heavy atom. The maximum absolute atomic E-state index is 11.9. The summed E-state index contributed by atoms with van der Waals surface area (Å²) in [5.74, 6) is 0.717. The number of carbonyl (C=O) groups is 1. The van der Waals surface area contributed by atoms with Crippen molar-refractivity contribution in [3.05, 3.63) is 28.5 Å². The zero-order chi connectivity index (χ0) is 12.1. The molecule has 17 heavy (non-hydrogen) atoms. The minimum Gasteiger partial charge on any atom is -0.339 e. The van der Waals surface area contributed by atoms with E-state index in [-0.39, 0.29) is 5.91 Å². The largest absolute Gasteiger partial charge is 0.339 e. The van der Waals surface area contributed by atoms with E-state index in [2.05, 4.69) is 0 Å². The molecule has 1 amide bonds. The fraction of sp³-hybridized carbons (Fsp3) is 0.462. The van der Waals surface area contributed by atoms with Crippen LogP contribution in [0.4, 0.5) is 0 Å². The van der Waals surface area contributed by atoms with Gasteiger partial charge in [0, 0.05) is 24.0 Å².